The molecule has 3 N–H and O–H groups in total. The maximum Gasteiger partial charge on any atom is 0.255 e. The van der Waals surface area contributed by atoms with Crippen LogP contribution in [0.4, 0.5) is 0 Å². The van der Waals surface area contributed by atoms with Crippen molar-refractivity contribution < 1.29 is 19.8 Å². The van der Waals surface area contributed by atoms with E-state index >= 15 is 0 Å². The SMILES string of the molecule is CC.CCC1c2ccccc2CCN1C(=O)C(O)C(O)C(=O)NCCc1cccs1. The van der Waals surface area contributed by atoms with Crippen LogP contribution in [-0.4, -0.2) is 52.2 Å². The van der Waals surface area contributed by atoms with Gasteiger partial charge in [-0.05, 0) is 41.8 Å². The molecule has 0 saturated carbocycles. The van der Waals surface area contributed by atoms with Crippen LogP contribution in [0.25, 0.3) is 0 Å². The Labute approximate surface area is 182 Å². The lowest BCUT2D eigenvalue weighted by molar-refractivity contribution is -0.155. The monoisotopic (exact) mass is 432 g/mol. The van der Waals surface area contributed by atoms with E-state index in [4.69, 9.17) is 0 Å². The largest absolute Gasteiger partial charge is 0.380 e. The minimum Gasteiger partial charge on any atom is -0.380 e. The Morgan fingerprint density at radius 3 is 2.57 bits per heavy atom. The molecule has 0 fully saturated rings. The average molecular weight is 433 g/mol. The Bertz CT molecular complexity index is 809. The second kappa shape index (κ2) is 11.8. The summed E-state index contributed by atoms with van der Waals surface area (Å²) in [5.41, 5.74) is 2.26. The minimum absolute atomic E-state index is 0.166. The number of amides is 2. The number of hydrogen-bond donors (Lipinski definition) is 3. The number of thiophene rings is 1. The van der Waals surface area contributed by atoms with Crippen molar-refractivity contribution in [3.8, 4) is 0 Å². The molecule has 1 aliphatic heterocycles. The summed E-state index contributed by atoms with van der Waals surface area (Å²) in [6.45, 7) is 6.78. The maximum atomic E-state index is 12.8. The van der Waals surface area contributed by atoms with Crippen LogP contribution in [0.2, 0.25) is 0 Å². The minimum atomic E-state index is -1.79. The van der Waals surface area contributed by atoms with E-state index in [9.17, 15) is 19.8 Å². The molecule has 6 nitrogen and oxygen atoms in total. The van der Waals surface area contributed by atoms with Crippen molar-refractivity contribution >= 4 is 23.2 Å². The van der Waals surface area contributed by atoms with Crippen LogP contribution in [-0.2, 0) is 22.4 Å². The van der Waals surface area contributed by atoms with Crippen LogP contribution in [0.15, 0.2) is 41.8 Å². The summed E-state index contributed by atoms with van der Waals surface area (Å²) in [5.74, 6) is -1.34. The van der Waals surface area contributed by atoms with Gasteiger partial charge >= 0.3 is 0 Å². The first-order valence-electron chi connectivity index (χ1n) is 10.6. The molecule has 0 spiro atoms. The van der Waals surface area contributed by atoms with Gasteiger partial charge in [0.15, 0.2) is 12.2 Å². The standard InChI is InChI=1S/C21H26N2O4S.C2H6/c1-2-17-16-8-4-3-6-14(16)10-12-23(17)21(27)19(25)18(24)20(26)22-11-9-15-7-5-13-28-15;1-2/h3-8,13,17-19,24-25H,2,9-12H2,1H3,(H,22,26);1-2H3. The summed E-state index contributed by atoms with van der Waals surface area (Å²) >= 11 is 1.59. The predicted octanol–water partition coefficient (Wildman–Crippen LogP) is 2.69. The third kappa shape index (κ3) is 5.68. The number of fused-ring (bicyclic) bond motifs is 1. The van der Waals surface area contributed by atoms with Crippen molar-refractivity contribution in [2.45, 2.75) is 58.3 Å². The second-order valence-corrected chi connectivity index (χ2v) is 7.95. The molecule has 30 heavy (non-hydrogen) atoms. The number of hydrogen-bond acceptors (Lipinski definition) is 5. The van der Waals surface area contributed by atoms with E-state index < -0.39 is 24.0 Å². The Kier molecular flexibility index (Phi) is 9.49. The lowest BCUT2D eigenvalue weighted by Crippen LogP contribution is -2.53. The molecule has 3 unspecified atom stereocenters. The van der Waals surface area contributed by atoms with Gasteiger partial charge in [0.2, 0.25) is 0 Å². The molecule has 0 radical (unpaired) electrons. The number of aliphatic hydroxyl groups is 2. The average Bonchev–Trinajstić information content (AvgIpc) is 3.31. The van der Waals surface area contributed by atoms with Crippen molar-refractivity contribution in [2.75, 3.05) is 13.1 Å². The fraction of sp³-hybridized carbons (Fsp3) is 0.478. The molecule has 7 heteroatoms. The molecule has 1 aliphatic rings. The zero-order valence-corrected chi connectivity index (χ0v) is 18.7. The third-order valence-electron chi connectivity index (χ3n) is 5.15. The summed E-state index contributed by atoms with van der Waals surface area (Å²) in [7, 11) is 0. The number of carbonyl (C=O) groups excluding carboxylic acids is 2. The van der Waals surface area contributed by atoms with Crippen LogP contribution >= 0.6 is 11.3 Å². The summed E-state index contributed by atoms with van der Waals surface area (Å²) < 4.78 is 0. The van der Waals surface area contributed by atoms with Crippen molar-refractivity contribution in [1.29, 1.82) is 0 Å². The molecule has 0 aliphatic carbocycles. The molecule has 1 aromatic heterocycles. The van der Waals surface area contributed by atoms with Crippen molar-refractivity contribution in [1.82, 2.24) is 10.2 Å². The Balaban J connectivity index is 0.00000155. The van der Waals surface area contributed by atoms with Gasteiger partial charge in [-0.15, -0.1) is 11.3 Å². The fourth-order valence-electron chi connectivity index (χ4n) is 3.67. The number of nitrogens with zero attached hydrogens (tertiary/aromatic N) is 1. The summed E-state index contributed by atoms with van der Waals surface area (Å²) in [6, 6.07) is 11.7. The van der Waals surface area contributed by atoms with Crippen LogP contribution in [0.5, 0.6) is 0 Å². The lowest BCUT2D eigenvalue weighted by Gasteiger charge is -2.38. The summed E-state index contributed by atoms with van der Waals surface area (Å²) in [4.78, 5) is 27.7. The van der Waals surface area contributed by atoms with Crippen molar-refractivity contribution in [3.63, 3.8) is 0 Å². The van der Waals surface area contributed by atoms with E-state index in [2.05, 4.69) is 5.32 Å². The van der Waals surface area contributed by atoms with Crippen molar-refractivity contribution in [2.24, 2.45) is 0 Å². The molecule has 0 saturated heterocycles. The van der Waals surface area contributed by atoms with Gasteiger partial charge < -0.3 is 20.4 Å². The highest BCUT2D eigenvalue weighted by Gasteiger charge is 2.37. The number of benzene rings is 1. The first-order chi connectivity index (χ1) is 14.5. The molecule has 164 valence electrons. The zero-order valence-electron chi connectivity index (χ0n) is 17.9. The van der Waals surface area contributed by atoms with Gasteiger partial charge in [-0.1, -0.05) is 51.1 Å². The topological polar surface area (TPSA) is 89.9 Å². The van der Waals surface area contributed by atoms with Gasteiger partial charge in [-0.25, -0.2) is 0 Å². The second-order valence-electron chi connectivity index (χ2n) is 6.91. The number of carbonyl (C=O) groups is 2. The first kappa shape index (κ1) is 24.1. The van der Waals surface area contributed by atoms with E-state index in [0.29, 0.717) is 32.4 Å². The van der Waals surface area contributed by atoms with Gasteiger partial charge in [0.1, 0.15) is 0 Å². The summed E-state index contributed by atoms with van der Waals surface area (Å²) in [6.07, 6.45) is -1.54. The van der Waals surface area contributed by atoms with Crippen molar-refractivity contribution in [3.05, 3.63) is 57.8 Å². The van der Waals surface area contributed by atoms with Gasteiger partial charge in [-0.2, -0.15) is 0 Å². The van der Waals surface area contributed by atoms with Crippen LogP contribution in [0.3, 0.4) is 0 Å². The molecule has 2 amide bonds. The smallest absolute Gasteiger partial charge is 0.255 e. The van der Waals surface area contributed by atoms with E-state index in [1.54, 1.807) is 16.2 Å². The molecule has 3 atom stereocenters. The lowest BCUT2D eigenvalue weighted by atomic mass is 9.90. The van der Waals surface area contributed by atoms with Gasteiger partial charge in [-0.3, -0.25) is 9.59 Å². The van der Waals surface area contributed by atoms with Crippen LogP contribution in [0, 0.1) is 0 Å². The molecule has 1 aromatic carbocycles. The maximum absolute atomic E-state index is 12.8. The first-order valence-corrected chi connectivity index (χ1v) is 11.5. The van der Waals surface area contributed by atoms with E-state index in [0.717, 1.165) is 10.4 Å². The van der Waals surface area contributed by atoms with E-state index in [1.165, 1.54) is 5.56 Å². The normalized spacial score (nSPS) is 17.2. The van der Waals surface area contributed by atoms with E-state index in [-0.39, 0.29) is 6.04 Å². The summed E-state index contributed by atoms with van der Waals surface area (Å²) in [5, 5.41) is 25.1. The molecular weight excluding hydrogens is 400 g/mol. The number of rotatable bonds is 7. The predicted molar refractivity (Wildman–Crippen MR) is 119 cm³/mol. The number of aliphatic hydroxyl groups excluding tert-OH is 2. The highest BCUT2D eigenvalue weighted by Crippen LogP contribution is 2.32. The van der Waals surface area contributed by atoms with Gasteiger partial charge in [0.25, 0.3) is 11.8 Å². The molecule has 0 bridgehead atoms. The van der Waals surface area contributed by atoms with E-state index in [1.807, 2.05) is 62.5 Å². The Hall–Kier alpha value is -2.22. The Morgan fingerprint density at radius 1 is 1.17 bits per heavy atom. The molecular formula is C23H32N2O4S. The number of nitrogens with one attached hydrogen (secondary N) is 1. The molecule has 2 heterocycles. The third-order valence-corrected chi connectivity index (χ3v) is 6.09. The van der Waals surface area contributed by atoms with Gasteiger partial charge in [0.05, 0.1) is 6.04 Å². The fourth-order valence-corrected chi connectivity index (χ4v) is 4.38. The van der Waals surface area contributed by atoms with Crippen LogP contribution in [0.1, 0.15) is 49.2 Å². The quantitative estimate of drug-likeness (QED) is 0.628. The van der Waals surface area contributed by atoms with Gasteiger partial charge in [0, 0.05) is 18.0 Å². The zero-order chi connectivity index (χ0) is 22.1. The highest BCUT2D eigenvalue weighted by molar-refractivity contribution is 7.09. The Morgan fingerprint density at radius 2 is 1.90 bits per heavy atom. The highest BCUT2D eigenvalue weighted by atomic mass is 32.1. The molecule has 3 rings (SSSR count). The molecule has 2 aromatic rings. The van der Waals surface area contributed by atoms with Crippen LogP contribution < -0.4 is 5.32 Å².